The normalized spacial score (nSPS) is 13.4. The molecule has 0 radical (unpaired) electrons. The molecule has 0 bridgehead atoms. The van der Waals surface area contributed by atoms with Gasteiger partial charge in [0.25, 0.3) is 0 Å². The number of benzene rings is 1. The molecule has 0 unspecified atom stereocenters. The summed E-state index contributed by atoms with van der Waals surface area (Å²) in [5.74, 6) is 0. The van der Waals surface area contributed by atoms with E-state index in [0.29, 0.717) is 6.04 Å². The van der Waals surface area contributed by atoms with E-state index in [2.05, 4.69) is 68.6 Å². The summed E-state index contributed by atoms with van der Waals surface area (Å²) < 4.78 is 1.84. The maximum atomic E-state index is 4.22. The average molecular weight is 271 g/mol. The van der Waals surface area contributed by atoms with Gasteiger partial charge in [0.1, 0.15) is 0 Å². The molecule has 0 saturated heterocycles. The van der Waals surface area contributed by atoms with E-state index in [4.69, 9.17) is 0 Å². The van der Waals surface area contributed by atoms with Gasteiger partial charge in [-0.05, 0) is 23.5 Å². The Morgan fingerprint density at radius 2 is 1.95 bits per heavy atom. The van der Waals surface area contributed by atoms with Crippen LogP contribution >= 0.6 is 0 Å². The van der Waals surface area contributed by atoms with Gasteiger partial charge in [-0.3, -0.25) is 4.68 Å². The van der Waals surface area contributed by atoms with Crippen molar-refractivity contribution >= 4 is 0 Å². The lowest BCUT2D eigenvalue weighted by Gasteiger charge is -2.33. The molecule has 0 aliphatic carbocycles. The van der Waals surface area contributed by atoms with E-state index >= 15 is 0 Å². The molecule has 3 heteroatoms. The van der Waals surface area contributed by atoms with Crippen LogP contribution in [-0.2, 0) is 13.6 Å². The highest BCUT2D eigenvalue weighted by molar-refractivity contribution is 5.30. The summed E-state index contributed by atoms with van der Waals surface area (Å²) in [6, 6.07) is 8.94. The van der Waals surface area contributed by atoms with Gasteiger partial charge in [-0.25, -0.2) is 0 Å². The molecule has 1 aromatic carbocycles. The average Bonchev–Trinajstić information content (AvgIpc) is 2.76. The zero-order chi connectivity index (χ0) is 14.8. The van der Waals surface area contributed by atoms with E-state index in [1.54, 1.807) is 0 Å². The van der Waals surface area contributed by atoms with Gasteiger partial charge in [0.05, 0.1) is 6.20 Å². The van der Waals surface area contributed by atoms with Crippen molar-refractivity contribution in [2.24, 2.45) is 12.5 Å². The number of nitrogens with one attached hydrogen (secondary N) is 1. The van der Waals surface area contributed by atoms with Gasteiger partial charge in [0.15, 0.2) is 0 Å². The van der Waals surface area contributed by atoms with Crippen LogP contribution in [0.4, 0.5) is 0 Å². The molecule has 1 N–H and O–H groups in total. The maximum absolute atomic E-state index is 4.22. The second-order valence-electron chi connectivity index (χ2n) is 6.56. The molecule has 1 aromatic heterocycles. The number of aryl methyl sites for hydroxylation is 2. The molecule has 0 saturated carbocycles. The summed E-state index contributed by atoms with van der Waals surface area (Å²) in [6.45, 7) is 9.85. The predicted octanol–water partition coefficient (Wildman–Crippen LogP) is 3.61. The first kappa shape index (κ1) is 14.8. The zero-order valence-corrected chi connectivity index (χ0v) is 13.1. The fraction of sp³-hybridized carbons (Fsp3) is 0.471. The van der Waals surface area contributed by atoms with Crippen LogP contribution in [0.25, 0.3) is 0 Å². The van der Waals surface area contributed by atoms with Gasteiger partial charge in [-0.1, -0.05) is 45.0 Å². The molecule has 1 heterocycles. The first-order valence-corrected chi connectivity index (χ1v) is 7.14. The molecule has 2 rings (SSSR count). The van der Waals surface area contributed by atoms with Gasteiger partial charge in [-0.2, -0.15) is 5.10 Å². The molecule has 2 aromatic rings. The number of hydrogen-bond donors (Lipinski definition) is 1. The Bertz CT molecular complexity index is 564. The smallest absolute Gasteiger partial charge is 0.0534 e. The fourth-order valence-corrected chi connectivity index (χ4v) is 2.58. The topological polar surface area (TPSA) is 29.9 Å². The Morgan fingerprint density at radius 3 is 2.50 bits per heavy atom. The van der Waals surface area contributed by atoms with Crippen LogP contribution in [0.5, 0.6) is 0 Å². The maximum Gasteiger partial charge on any atom is 0.0534 e. The molecule has 108 valence electrons. The highest BCUT2D eigenvalue weighted by Gasteiger charge is 2.26. The summed E-state index contributed by atoms with van der Waals surface area (Å²) in [5.41, 5.74) is 4.10. The van der Waals surface area contributed by atoms with Gasteiger partial charge < -0.3 is 5.32 Å². The molecule has 0 spiro atoms. The lowest BCUT2D eigenvalue weighted by atomic mass is 9.81. The first-order valence-electron chi connectivity index (χ1n) is 7.14. The van der Waals surface area contributed by atoms with Crippen LogP contribution in [-0.4, -0.2) is 9.78 Å². The SMILES string of the molecule is Cc1ccccc1[C@@H](NCc1cnn(C)c1)C(C)(C)C. The summed E-state index contributed by atoms with van der Waals surface area (Å²) in [5, 5.41) is 7.92. The summed E-state index contributed by atoms with van der Waals surface area (Å²) >= 11 is 0. The molecule has 0 amide bonds. The third-order valence-corrected chi connectivity index (χ3v) is 3.63. The quantitative estimate of drug-likeness (QED) is 0.920. The standard InChI is InChI=1S/C17H25N3/c1-13-8-6-7-9-15(13)16(17(2,3)4)18-10-14-11-19-20(5)12-14/h6-9,11-12,16,18H,10H2,1-5H3/t16-/m1/s1. The van der Waals surface area contributed by atoms with E-state index < -0.39 is 0 Å². The van der Waals surface area contributed by atoms with Crippen molar-refractivity contribution in [3.8, 4) is 0 Å². The van der Waals surface area contributed by atoms with Crippen molar-refractivity contribution in [1.82, 2.24) is 15.1 Å². The number of rotatable bonds is 4. The van der Waals surface area contributed by atoms with E-state index in [0.717, 1.165) is 6.54 Å². The minimum Gasteiger partial charge on any atom is -0.305 e. The van der Waals surface area contributed by atoms with E-state index in [-0.39, 0.29) is 5.41 Å². The number of nitrogens with zero attached hydrogens (tertiary/aromatic N) is 2. The van der Waals surface area contributed by atoms with Crippen molar-refractivity contribution in [3.05, 3.63) is 53.3 Å². The highest BCUT2D eigenvalue weighted by Crippen LogP contribution is 2.34. The second kappa shape index (κ2) is 5.80. The molecule has 3 nitrogen and oxygen atoms in total. The van der Waals surface area contributed by atoms with Crippen LogP contribution in [0, 0.1) is 12.3 Å². The molecular weight excluding hydrogens is 246 g/mol. The van der Waals surface area contributed by atoms with Crippen molar-refractivity contribution in [3.63, 3.8) is 0 Å². The van der Waals surface area contributed by atoms with Crippen molar-refractivity contribution in [2.75, 3.05) is 0 Å². The van der Waals surface area contributed by atoms with E-state index in [1.807, 2.05) is 17.9 Å². The summed E-state index contributed by atoms with van der Waals surface area (Å²) in [6.07, 6.45) is 3.98. The van der Waals surface area contributed by atoms with Crippen molar-refractivity contribution < 1.29 is 0 Å². The van der Waals surface area contributed by atoms with Crippen molar-refractivity contribution in [2.45, 2.75) is 40.3 Å². The van der Waals surface area contributed by atoms with Crippen LogP contribution in [0.2, 0.25) is 0 Å². The highest BCUT2D eigenvalue weighted by atomic mass is 15.2. The minimum atomic E-state index is 0.161. The molecule has 1 atom stereocenters. The van der Waals surface area contributed by atoms with Crippen LogP contribution in [0.15, 0.2) is 36.7 Å². The molecule has 20 heavy (non-hydrogen) atoms. The largest absolute Gasteiger partial charge is 0.305 e. The Balaban J connectivity index is 2.19. The molecule has 0 aliphatic rings. The molecule has 0 fully saturated rings. The monoisotopic (exact) mass is 271 g/mol. The van der Waals surface area contributed by atoms with E-state index in [1.165, 1.54) is 16.7 Å². The number of aromatic nitrogens is 2. The third kappa shape index (κ3) is 3.48. The van der Waals surface area contributed by atoms with Gasteiger partial charge in [0.2, 0.25) is 0 Å². The van der Waals surface area contributed by atoms with Gasteiger partial charge >= 0.3 is 0 Å². The minimum absolute atomic E-state index is 0.161. The van der Waals surface area contributed by atoms with Crippen LogP contribution in [0.3, 0.4) is 0 Å². The third-order valence-electron chi connectivity index (χ3n) is 3.63. The van der Waals surface area contributed by atoms with Gasteiger partial charge in [0, 0.05) is 31.4 Å². The van der Waals surface area contributed by atoms with Crippen LogP contribution in [0.1, 0.15) is 43.5 Å². The Hall–Kier alpha value is -1.61. The molecule has 0 aliphatic heterocycles. The zero-order valence-electron chi connectivity index (χ0n) is 13.1. The predicted molar refractivity (Wildman–Crippen MR) is 83.4 cm³/mol. The Morgan fingerprint density at radius 1 is 1.25 bits per heavy atom. The Labute approximate surface area is 122 Å². The lowest BCUT2D eigenvalue weighted by molar-refractivity contribution is 0.270. The lowest BCUT2D eigenvalue weighted by Crippen LogP contribution is -2.32. The fourth-order valence-electron chi connectivity index (χ4n) is 2.58. The Kier molecular flexibility index (Phi) is 4.29. The second-order valence-corrected chi connectivity index (χ2v) is 6.56. The summed E-state index contributed by atoms with van der Waals surface area (Å²) in [7, 11) is 1.95. The first-order chi connectivity index (χ1) is 9.38. The molecular formula is C17H25N3. The van der Waals surface area contributed by atoms with Crippen molar-refractivity contribution in [1.29, 1.82) is 0 Å². The summed E-state index contributed by atoms with van der Waals surface area (Å²) in [4.78, 5) is 0. The van der Waals surface area contributed by atoms with E-state index in [9.17, 15) is 0 Å². The van der Waals surface area contributed by atoms with Crippen LogP contribution < -0.4 is 5.32 Å². The number of hydrogen-bond acceptors (Lipinski definition) is 2. The van der Waals surface area contributed by atoms with Gasteiger partial charge in [-0.15, -0.1) is 0 Å².